The second-order valence-electron chi connectivity index (χ2n) is 4.70. The number of carboxylic acid groups (broad SMARTS) is 1. The molecule has 0 aliphatic heterocycles. The van der Waals surface area contributed by atoms with E-state index in [1.54, 1.807) is 0 Å². The molecule has 0 radical (unpaired) electrons. The number of hydrogen-bond donors (Lipinski definition) is 8. The normalized spacial score (nSPS) is 12.4. The number of amides is 4. The quantitative estimate of drug-likeness (QED) is 0.175. The van der Waals surface area contributed by atoms with E-state index in [9.17, 15) is 24.0 Å². The average molecular weight is 363 g/mol. The molecule has 2 atom stereocenters. The van der Waals surface area contributed by atoms with Crippen molar-refractivity contribution in [2.24, 2.45) is 5.73 Å². The van der Waals surface area contributed by atoms with E-state index in [0.717, 1.165) is 0 Å². The highest BCUT2D eigenvalue weighted by Crippen LogP contribution is 1.84. The Bertz CT molecular complexity index is 512. The highest BCUT2D eigenvalue weighted by atomic mass is 16.4. The maximum absolute atomic E-state index is 11.7. The van der Waals surface area contributed by atoms with E-state index in [-0.39, 0.29) is 0 Å². The first-order valence-corrected chi connectivity index (χ1v) is 7.01. The van der Waals surface area contributed by atoms with Crippen molar-refractivity contribution < 1.29 is 39.3 Å². The molecule has 13 nitrogen and oxygen atoms in total. The standard InChI is InChI=1S/C12H21N5O8/c13-6(4-18)11(24)15-2-9(21)17-7(5-19)12(25)16-1-8(20)14-3-10(22)23/h6-7,18-19H,1-5,13H2,(H,14,20)(H,15,24)(H,16,25)(H,17,21)(H,22,23)/t6-,7-/m0/s1. The van der Waals surface area contributed by atoms with E-state index in [1.165, 1.54) is 0 Å². The summed E-state index contributed by atoms with van der Waals surface area (Å²) < 4.78 is 0. The van der Waals surface area contributed by atoms with Crippen molar-refractivity contribution in [1.82, 2.24) is 21.3 Å². The number of aliphatic carboxylic acids is 1. The molecular weight excluding hydrogens is 342 g/mol. The van der Waals surface area contributed by atoms with Gasteiger partial charge in [0, 0.05) is 0 Å². The molecule has 0 spiro atoms. The number of nitrogens with one attached hydrogen (secondary N) is 4. The molecule has 0 aromatic carbocycles. The van der Waals surface area contributed by atoms with E-state index in [4.69, 9.17) is 21.1 Å². The summed E-state index contributed by atoms with van der Waals surface area (Å²) in [5.74, 6) is -4.52. The lowest BCUT2D eigenvalue weighted by molar-refractivity contribution is -0.138. The van der Waals surface area contributed by atoms with Gasteiger partial charge in [0.2, 0.25) is 23.6 Å². The second-order valence-corrected chi connectivity index (χ2v) is 4.70. The van der Waals surface area contributed by atoms with Crippen molar-refractivity contribution in [2.45, 2.75) is 12.1 Å². The predicted octanol–water partition coefficient (Wildman–Crippen LogP) is -5.78. The highest BCUT2D eigenvalue weighted by molar-refractivity contribution is 5.92. The lowest BCUT2D eigenvalue weighted by Crippen LogP contribution is -2.53. The van der Waals surface area contributed by atoms with Crippen LogP contribution in [0, 0.1) is 0 Å². The van der Waals surface area contributed by atoms with Crippen LogP contribution in [0.5, 0.6) is 0 Å². The zero-order valence-corrected chi connectivity index (χ0v) is 13.2. The third kappa shape index (κ3) is 9.85. The topological polar surface area (TPSA) is 220 Å². The van der Waals surface area contributed by atoms with Crippen molar-refractivity contribution in [3.8, 4) is 0 Å². The van der Waals surface area contributed by atoms with Gasteiger partial charge in [0.15, 0.2) is 0 Å². The first-order chi connectivity index (χ1) is 11.7. The minimum atomic E-state index is -1.39. The second kappa shape index (κ2) is 11.7. The Morgan fingerprint density at radius 1 is 0.800 bits per heavy atom. The number of aliphatic hydroxyl groups is 2. The number of rotatable bonds is 11. The van der Waals surface area contributed by atoms with Crippen LogP contribution in [-0.2, 0) is 24.0 Å². The summed E-state index contributed by atoms with van der Waals surface area (Å²) >= 11 is 0. The summed E-state index contributed by atoms with van der Waals surface area (Å²) in [7, 11) is 0. The van der Waals surface area contributed by atoms with Gasteiger partial charge in [-0.05, 0) is 0 Å². The molecule has 4 amide bonds. The predicted molar refractivity (Wildman–Crippen MR) is 80.7 cm³/mol. The largest absolute Gasteiger partial charge is 0.480 e. The van der Waals surface area contributed by atoms with Gasteiger partial charge in [0.1, 0.15) is 18.6 Å². The molecule has 0 aromatic heterocycles. The van der Waals surface area contributed by atoms with Gasteiger partial charge in [-0.25, -0.2) is 0 Å². The fourth-order valence-corrected chi connectivity index (χ4v) is 1.35. The van der Waals surface area contributed by atoms with E-state index >= 15 is 0 Å². The van der Waals surface area contributed by atoms with E-state index in [1.807, 2.05) is 5.32 Å². The molecule has 0 unspecified atom stereocenters. The lowest BCUT2D eigenvalue weighted by Gasteiger charge is -2.16. The Labute approximate surface area is 141 Å². The van der Waals surface area contributed by atoms with Crippen molar-refractivity contribution in [3.05, 3.63) is 0 Å². The highest BCUT2D eigenvalue weighted by Gasteiger charge is 2.21. The van der Waals surface area contributed by atoms with Gasteiger partial charge in [0.05, 0.1) is 26.3 Å². The lowest BCUT2D eigenvalue weighted by atomic mass is 10.2. The van der Waals surface area contributed by atoms with Gasteiger partial charge in [0.25, 0.3) is 0 Å². The summed E-state index contributed by atoms with van der Waals surface area (Å²) in [6, 6.07) is -2.59. The van der Waals surface area contributed by atoms with Crippen LogP contribution in [0.2, 0.25) is 0 Å². The Hall–Kier alpha value is -2.77. The smallest absolute Gasteiger partial charge is 0.322 e. The SMILES string of the molecule is N[C@@H](CO)C(=O)NCC(=O)N[C@@H](CO)C(=O)NCC(=O)NCC(=O)O. The number of nitrogens with two attached hydrogens (primary N) is 1. The zero-order valence-electron chi connectivity index (χ0n) is 13.2. The van der Waals surface area contributed by atoms with Gasteiger partial charge >= 0.3 is 5.97 Å². The minimum absolute atomic E-state index is 0.546. The van der Waals surface area contributed by atoms with Crippen molar-refractivity contribution >= 4 is 29.6 Å². The monoisotopic (exact) mass is 363 g/mol. The number of carboxylic acids is 1. The van der Waals surface area contributed by atoms with Crippen LogP contribution in [0.1, 0.15) is 0 Å². The van der Waals surface area contributed by atoms with E-state index in [0.29, 0.717) is 0 Å². The molecule has 0 saturated carbocycles. The third-order valence-corrected chi connectivity index (χ3v) is 2.65. The molecule has 0 rings (SSSR count). The molecule has 142 valence electrons. The molecule has 0 aliphatic rings. The van der Waals surface area contributed by atoms with Crippen LogP contribution in [-0.4, -0.2) is 89.8 Å². The maximum Gasteiger partial charge on any atom is 0.322 e. The molecule has 0 aliphatic carbocycles. The van der Waals surface area contributed by atoms with Crippen molar-refractivity contribution in [2.75, 3.05) is 32.8 Å². The Morgan fingerprint density at radius 2 is 1.36 bits per heavy atom. The van der Waals surface area contributed by atoms with Gasteiger partial charge in [-0.1, -0.05) is 0 Å². The Kier molecular flexibility index (Phi) is 10.4. The van der Waals surface area contributed by atoms with Crippen molar-refractivity contribution in [1.29, 1.82) is 0 Å². The number of carbonyl (C=O) groups is 5. The van der Waals surface area contributed by atoms with Crippen LogP contribution in [0.3, 0.4) is 0 Å². The van der Waals surface area contributed by atoms with E-state index in [2.05, 4.69) is 16.0 Å². The first kappa shape index (κ1) is 22.2. The molecule has 13 heteroatoms. The van der Waals surface area contributed by atoms with Gasteiger partial charge < -0.3 is 42.3 Å². The zero-order chi connectivity index (χ0) is 19.4. The summed E-state index contributed by atoms with van der Waals surface area (Å²) in [5.41, 5.74) is 5.22. The molecule has 0 fully saturated rings. The summed E-state index contributed by atoms with van der Waals surface area (Å²) in [5, 5.41) is 34.4. The molecule has 0 saturated heterocycles. The fourth-order valence-electron chi connectivity index (χ4n) is 1.35. The molecule has 0 aromatic rings. The van der Waals surface area contributed by atoms with Crippen LogP contribution in [0.4, 0.5) is 0 Å². The van der Waals surface area contributed by atoms with Crippen LogP contribution >= 0.6 is 0 Å². The Balaban J connectivity index is 4.27. The Morgan fingerprint density at radius 3 is 1.88 bits per heavy atom. The van der Waals surface area contributed by atoms with Gasteiger partial charge in [-0.3, -0.25) is 24.0 Å². The average Bonchev–Trinajstić information content (AvgIpc) is 2.59. The fraction of sp³-hybridized carbons (Fsp3) is 0.583. The molecule has 9 N–H and O–H groups in total. The van der Waals surface area contributed by atoms with Crippen LogP contribution < -0.4 is 27.0 Å². The summed E-state index contributed by atoms with van der Waals surface area (Å²) in [4.78, 5) is 56.1. The molecule has 0 bridgehead atoms. The van der Waals surface area contributed by atoms with Crippen molar-refractivity contribution in [3.63, 3.8) is 0 Å². The van der Waals surface area contributed by atoms with Crippen LogP contribution in [0.15, 0.2) is 0 Å². The number of carbonyl (C=O) groups excluding carboxylic acids is 4. The maximum atomic E-state index is 11.7. The molecule has 0 heterocycles. The summed E-state index contributed by atoms with van der Waals surface area (Å²) in [6.45, 7) is -3.11. The van der Waals surface area contributed by atoms with Crippen LogP contribution in [0.25, 0.3) is 0 Å². The van der Waals surface area contributed by atoms with E-state index < -0.39 is 74.5 Å². The van der Waals surface area contributed by atoms with Gasteiger partial charge in [-0.2, -0.15) is 0 Å². The molecule has 25 heavy (non-hydrogen) atoms. The minimum Gasteiger partial charge on any atom is -0.480 e. The number of aliphatic hydroxyl groups excluding tert-OH is 2. The number of hydrogen-bond acceptors (Lipinski definition) is 8. The van der Waals surface area contributed by atoms with Gasteiger partial charge in [-0.15, -0.1) is 0 Å². The third-order valence-electron chi connectivity index (χ3n) is 2.65. The molecular formula is C12H21N5O8. The summed E-state index contributed by atoms with van der Waals surface area (Å²) in [6.07, 6.45) is 0. The first-order valence-electron chi connectivity index (χ1n) is 7.01.